The summed E-state index contributed by atoms with van der Waals surface area (Å²) in [6.45, 7) is 5.31. The molecule has 0 aliphatic heterocycles. The molecule has 0 rings (SSSR count). The van der Waals surface area contributed by atoms with Crippen LogP contribution >= 0.6 is 0 Å². The topological polar surface area (TPSA) is 107 Å². The van der Waals surface area contributed by atoms with Crippen LogP contribution in [0.25, 0.3) is 0 Å². The summed E-state index contributed by atoms with van der Waals surface area (Å²) >= 11 is 0. The lowest BCUT2D eigenvalue weighted by Gasteiger charge is -2.24. The lowest BCUT2D eigenvalue weighted by atomic mass is 10.0. The Bertz CT molecular complexity index is 742. The molecule has 0 saturated carbocycles. The van der Waals surface area contributed by atoms with Gasteiger partial charge in [0.2, 0.25) is 0 Å². The third-order valence-electron chi connectivity index (χ3n) is 6.55. The van der Waals surface area contributed by atoms with Gasteiger partial charge in [0.1, 0.15) is 0 Å². The maximum Gasteiger partial charge on any atom is 0.261 e. The van der Waals surface area contributed by atoms with E-state index in [1.165, 1.54) is 77.0 Å². The van der Waals surface area contributed by atoms with Gasteiger partial charge in [-0.3, -0.25) is 4.55 Å². The Balaban J connectivity index is 0. The van der Waals surface area contributed by atoms with Crippen LogP contribution in [0.4, 0.5) is 0 Å². The van der Waals surface area contributed by atoms with Gasteiger partial charge in [-0.05, 0) is 12.8 Å². The van der Waals surface area contributed by atoms with Crippen molar-refractivity contribution in [3.63, 3.8) is 0 Å². The largest absolute Gasteiger partial charge is 0.356 e. The highest BCUT2D eigenvalue weighted by Crippen LogP contribution is 2.18. The van der Waals surface area contributed by atoms with E-state index in [1.807, 2.05) is 0 Å². The standard InChI is InChI=1S/C28H60NO4S.CH4O3S/c1-7-9-10-11-12-13-14-15-16-17-18-19-22-27(21-8-2)33-28(32-6)23-26-34(30,31)25-20-24-29(3,4)5;1-5(2,3)4/h27-28H,7-26H2,1-6H3;1H3,(H,2,3,4)/q+1;. The summed E-state index contributed by atoms with van der Waals surface area (Å²) in [6.07, 6.45) is 20.9. The van der Waals surface area contributed by atoms with Gasteiger partial charge in [0.05, 0.1) is 51.6 Å². The van der Waals surface area contributed by atoms with Crippen molar-refractivity contribution >= 4 is 20.0 Å². The molecular weight excluding hydrogens is 538 g/mol. The second kappa shape index (κ2) is 24.3. The molecule has 2 unspecified atom stereocenters. The molecule has 0 amide bonds. The molecule has 0 aliphatic rings. The number of ether oxygens (including phenoxy) is 2. The molecule has 0 spiro atoms. The number of nitrogens with zero attached hydrogens (tertiary/aromatic N) is 1. The van der Waals surface area contributed by atoms with Gasteiger partial charge >= 0.3 is 0 Å². The number of methoxy groups -OCH3 is 1. The zero-order valence-electron chi connectivity index (χ0n) is 26.5. The molecule has 0 aromatic carbocycles. The van der Waals surface area contributed by atoms with E-state index in [9.17, 15) is 16.8 Å². The highest BCUT2D eigenvalue weighted by molar-refractivity contribution is 7.91. The molecule has 0 bridgehead atoms. The molecule has 1 N–H and O–H groups in total. The Hall–Kier alpha value is -0.260. The molecule has 0 aromatic heterocycles. The first-order valence-electron chi connectivity index (χ1n) is 15.2. The maximum atomic E-state index is 12.4. The summed E-state index contributed by atoms with van der Waals surface area (Å²) in [6, 6.07) is 0. The molecule has 0 heterocycles. The van der Waals surface area contributed by atoms with E-state index in [0.717, 1.165) is 30.3 Å². The highest BCUT2D eigenvalue weighted by atomic mass is 32.2. The molecular formula is C29H64NO7S2+. The van der Waals surface area contributed by atoms with Gasteiger partial charge in [-0.1, -0.05) is 97.3 Å². The first kappa shape index (κ1) is 40.9. The molecule has 0 fully saturated rings. The van der Waals surface area contributed by atoms with Crippen LogP contribution in [0.5, 0.6) is 0 Å². The van der Waals surface area contributed by atoms with Gasteiger partial charge in [-0.2, -0.15) is 8.42 Å². The zero-order valence-corrected chi connectivity index (χ0v) is 28.1. The SMILES string of the molecule is CCCCCCCCCCCCCCC(CCC)OC(CCS(=O)(=O)CCC[N+](C)(C)C)OC.CS(=O)(=O)O. The number of rotatable bonds is 25. The molecule has 0 aromatic rings. The van der Waals surface area contributed by atoms with Crippen LogP contribution in [0.15, 0.2) is 0 Å². The summed E-state index contributed by atoms with van der Waals surface area (Å²) in [7, 11) is 1.16. The molecule has 2 atom stereocenters. The lowest BCUT2D eigenvalue weighted by Crippen LogP contribution is -2.36. The number of hydrogen-bond donors (Lipinski definition) is 1. The number of sulfone groups is 1. The average molecular weight is 603 g/mol. The van der Waals surface area contributed by atoms with Gasteiger partial charge < -0.3 is 14.0 Å². The minimum absolute atomic E-state index is 0.139. The van der Waals surface area contributed by atoms with Gasteiger partial charge in [0.25, 0.3) is 10.1 Å². The minimum Gasteiger partial charge on any atom is -0.356 e. The van der Waals surface area contributed by atoms with E-state index >= 15 is 0 Å². The third-order valence-corrected chi connectivity index (χ3v) is 8.31. The summed E-state index contributed by atoms with van der Waals surface area (Å²) in [5, 5.41) is 0. The Morgan fingerprint density at radius 1 is 0.667 bits per heavy atom. The fraction of sp³-hybridized carbons (Fsp3) is 1.00. The van der Waals surface area contributed by atoms with Crippen LogP contribution in [0.3, 0.4) is 0 Å². The fourth-order valence-electron chi connectivity index (χ4n) is 4.41. The molecule has 238 valence electrons. The Morgan fingerprint density at radius 2 is 1.13 bits per heavy atom. The Kier molecular flexibility index (Phi) is 25.5. The van der Waals surface area contributed by atoms with Crippen molar-refractivity contribution in [1.29, 1.82) is 0 Å². The van der Waals surface area contributed by atoms with Crippen molar-refractivity contribution in [3.8, 4) is 0 Å². The smallest absolute Gasteiger partial charge is 0.261 e. The van der Waals surface area contributed by atoms with E-state index in [4.69, 9.17) is 14.0 Å². The van der Waals surface area contributed by atoms with Gasteiger partial charge in [0, 0.05) is 20.0 Å². The van der Waals surface area contributed by atoms with Crippen LogP contribution in [0.2, 0.25) is 0 Å². The minimum atomic E-state index is -3.67. The van der Waals surface area contributed by atoms with Gasteiger partial charge in [-0.25, -0.2) is 8.42 Å². The number of hydrogen-bond acceptors (Lipinski definition) is 6. The Morgan fingerprint density at radius 3 is 1.54 bits per heavy atom. The van der Waals surface area contributed by atoms with Crippen molar-refractivity contribution in [2.45, 2.75) is 135 Å². The van der Waals surface area contributed by atoms with E-state index in [0.29, 0.717) is 19.1 Å². The zero-order chi connectivity index (χ0) is 30.2. The molecule has 0 saturated heterocycles. The van der Waals surface area contributed by atoms with E-state index in [2.05, 4.69) is 35.0 Å². The quantitative estimate of drug-likeness (QED) is 0.0540. The number of unbranched alkanes of at least 4 members (excludes halogenated alkanes) is 11. The summed E-state index contributed by atoms with van der Waals surface area (Å²) in [4.78, 5) is 0. The van der Waals surface area contributed by atoms with Crippen molar-refractivity contribution < 1.29 is 35.3 Å². The molecule has 10 heteroatoms. The van der Waals surface area contributed by atoms with E-state index in [-0.39, 0.29) is 17.6 Å². The van der Waals surface area contributed by atoms with Crippen LogP contribution in [-0.2, 0) is 29.4 Å². The van der Waals surface area contributed by atoms with Gasteiger partial charge in [-0.15, -0.1) is 0 Å². The monoisotopic (exact) mass is 602 g/mol. The van der Waals surface area contributed by atoms with Crippen molar-refractivity contribution in [2.75, 3.05) is 52.6 Å². The molecule has 8 nitrogen and oxygen atoms in total. The second-order valence-corrected chi connectivity index (χ2v) is 15.7. The third kappa shape index (κ3) is 35.7. The average Bonchev–Trinajstić information content (AvgIpc) is 2.80. The maximum absolute atomic E-state index is 12.4. The Labute approximate surface area is 242 Å². The highest BCUT2D eigenvalue weighted by Gasteiger charge is 2.20. The first-order valence-corrected chi connectivity index (χ1v) is 18.9. The first-order chi connectivity index (χ1) is 18.1. The number of quaternary nitrogens is 1. The molecule has 0 aliphatic carbocycles. The van der Waals surface area contributed by atoms with Crippen LogP contribution < -0.4 is 0 Å². The summed E-state index contributed by atoms with van der Waals surface area (Å²) < 4.78 is 63.2. The van der Waals surface area contributed by atoms with E-state index in [1.54, 1.807) is 7.11 Å². The van der Waals surface area contributed by atoms with Crippen molar-refractivity contribution in [2.24, 2.45) is 0 Å². The van der Waals surface area contributed by atoms with E-state index < -0.39 is 26.2 Å². The van der Waals surface area contributed by atoms with Gasteiger partial charge in [0.15, 0.2) is 16.1 Å². The fourth-order valence-corrected chi connectivity index (χ4v) is 5.73. The molecule has 39 heavy (non-hydrogen) atoms. The predicted octanol–water partition coefficient (Wildman–Crippen LogP) is 6.64. The summed E-state index contributed by atoms with van der Waals surface area (Å²) in [5.41, 5.74) is 0. The lowest BCUT2D eigenvalue weighted by molar-refractivity contribution is -0.870. The predicted molar refractivity (Wildman–Crippen MR) is 165 cm³/mol. The van der Waals surface area contributed by atoms with Crippen LogP contribution in [0.1, 0.15) is 123 Å². The normalized spacial score (nSPS) is 14.1. The van der Waals surface area contributed by atoms with Crippen molar-refractivity contribution in [1.82, 2.24) is 0 Å². The second-order valence-electron chi connectivity index (χ2n) is 11.9. The summed E-state index contributed by atoms with van der Waals surface area (Å²) in [5.74, 6) is 0.385. The van der Waals surface area contributed by atoms with Crippen molar-refractivity contribution in [3.05, 3.63) is 0 Å². The van der Waals surface area contributed by atoms with Crippen LogP contribution in [0, 0.1) is 0 Å². The molecule has 0 radical (unpaired) electrons. The van der Waals surface area contributed by atoms with Crippen LogP contribution in [-0.4, -0.2) is 90.8 Å².